The van der Waals surface area contributed by atoms with Gasteiger partial charge in [0.05, 0.1) is 27.5 Å². The summed E-state index contributed by atoms with van der Waals surface area (Å²) in [6, 6.07) is 7.10. The van der Waals surface area contributed by atoms with Crippen molar-refractivity contribution in [2.75, 3.05) is 37.8 Å². The van der Waals surface area contributed by atoms with Gasteiger partial charge < -0.3 is 22.5 Å². The van der Waals surface area contributed by atoms with Crippen molar-refractivity contribution in [1.82, 2.24) is 5.32 Å². The molecule has 0 atom stereocenters. The van der Waals surface area contributed by atoms with E-state index in [4.69, 9.17) is 22.3 Å². The van der Waals surface area contributed by atoms with Gasteiger partial charge in [-0.3, -0.25) is 4.79 Å². The molecule has 0 bridgehead atoms. The number of nitrogens with one attached hydrogen (secondary N) is 1. The summed E-state index contributed by atoms with van der Waals surface area (Å²) in [5, 5.41) is 15.8. The molecule has 9 N–H and O–H groups in total. The van der Waals surface area contributed by atoms with Crippen LogP contribution in [0, 0.1) is 0 Å². The summed E-state index contributed by atoms with van der Waals surface area (Å²) < 4.78 is 51.2. The molecule has 35 heavy (non-hydrogen) atoms. The number of azo groups is 1. The summed E-state index contributed by atoms with van der Waals surface area (Å²) >= 11 is 0. The number of nitrogens with two attached hydrogens (primary N) is 4. The molecule has 3 rings (SSSR count). The van der Waals surface area contributed by atoms with Gasteiger partial charge in [-0.2, -0.15) is 5.11 Å². The van der Waals surface area contributed by atoms with Crippen LogP contribution in [0.5, 0.6) is 0 Å². The fourth-order valence-electron chi connectivity index (χ4n) is 3.56. The standard InChI is InChI=1S/C20H26N8O5S2/c21-7-2-9-25-20(29)14-4-1-3-13(17(14)23)12-5-6-15(34(30,31)10-8-22)18(35(24,32)33)16(12)19-26-11-27-28-19/h1,3-6H,2,7-11,21-23H2,(H,25,29)(H2,24,32,33). The Morgan fingerprint density at radius 2 is 1.77 bits per heavy atom. The van der Waals surface area contributed by atoms with Crippen LogP contribution in [0.25, 0.3) is 11.1 Å². The van der Waals surface area contributed by atoms with Crippen LogP contribution in [0.2, 0.25) is 0 Å². The number of sulfone groups is 1. The molecule has 15 heteroatoms. The molecule has 188 valence electrons. The molecule has 0 unspecified atom stereocenters. The van der Waals surface area contributed by atoms with Gasteiger partial charge in [0.15, 0.2) is 22.3 Å². The van der Waals surface area contributed by atoms with E-state index in [2.05, 4.69) is 20.5 Å². The molecule has 0 radical (unpaired) electrons. The molecule has 1 aliphatic heterocycles. The minimum Gasteiger partial charge on any atom is -0.398 e. The molecule has 0 fully saturated rings. The minimum absolute atomic E-state index is 0.0347. The van der Waals surface area contributed by atoms with Crippen LogP contribution in [0.1, 0.15) is 22.3 Å². The molecule has 0 spiro atoms. The van der Waals surface area contributed by atoms with Gasteiger partial charge >= 0.3 is 0 Å². The van der Waals surface area contributed by atoms with E-state index in [1.54, 1.807) is 12.1 Å². The predicted molar refractivity (Wildman–Crippen MR) is 131 cm³/mol. The quantitative estimate of drug-likeness (QED) is 0.202. The molecule has 13 nitrogen and oxygen atoms in total. The van der Waals surface area contributed by atoms with E-state index in [1.165, 1.54) is 12.1 Å². The molecule has 0 saturated heterocycles. The Labute approximate surface area is 202 Å². The van der Waals surface area contributed by atoms with Crippen molar-refractivity contribution >= 4 is 37.3 Å². The second-order valence-corrected chi connectivity index (χ2v) is 11.1. The van der Waals surface area contributed by atoms with Crippen LogP contribution in [0.15, 0.2) is 55.3 Å². The first-order valence-corrected chi connectivity index (χ1v) is 13.6. The van der Waals surface area contributed by atoms with E-state index in [0.29, 0.717) is 19.5 Å². The van der Waals surface area contributed by atoms with Crippen molar-refractivity contribution in [3.8, 4) is 11.1 Å². The van der Waals surface area contributed by atoms with Crippen molar-refractivity contribution < 1.29 is 21.6 Å². The molecule has 2 aromatic rings. The number of sulfonamides is 1. The highest BCUT2D eigenvalue weighted by molar-refractivity contribution is 7.93. The zero-order chi connectivity index (χ0) is 25.8. The first kappa shape index (κ1) is 26.4. The van der Waals surface area contributed by atoms with E-state index >= 15 is 0 Å². The minimum atomic E-state index is -4.62. The normalized spacial score (nSPS) is 13.6. The monoisotopic (exact) mass is 522 g/mol. The van der Waals surface area contributed by atoms with E-state index in [1.807, 2.05) is 0 Å². The van der Waals surface area contributed by atoms with Crippen molar-refractivity contribution in [2.45, 2.75) is 16.2 Å². The van der Waals surface area contributed by atoms with Crippen molar-refractivity contribution in [3.63, 3.8) is 0 Å². The molecular weight excluding hydrogens is 496 g/mol. The Kier molecular flexibility index (Phi) is 7.97. The highest BCUT2D eigenvalue weighted by Gasteiger charge is 2.33. The van der Waals surface area contributed by atoms with Crippen LogP contribution in [-0.2, 0) is 19.9 Å². The fourth-order valence-corrected chi connectivity index (χ4v) is 6.31. The third kappa shape index (κ3) is 5.54. The molecule has 0 aliphatic carbocycles. The molecule has 0 aromatic heterocycles. The summed E-state index contributed by atoms with van der Waals surface area (Å²) in [6.07, 6.45) is 0.566. The smallest absolute Gasteiger partial charge is 0.253 e. The lowest BCUT2D eigenvalue weighted by Crippen LogP contribution is -2.27. The zero-order valence-corrected chi connectivity index (χ0v) is 20.3. The Morgan fingerprint density at radius 3 is 2.37 bits per heavy atom. The number of hydrogen-bond donors (Lipinski definition) is 5. The first-order valence-electron chi connectivity index (χ1n) is 10.4. The van der Waals surface area contributed by atoms with Crippen molar-refractivity contribution in [1.29, 1.82) is 0 Å². The second-order valence-electron chi connectivity index (χ2n) is 7.50. The number of hydrogen-bond acceptors (Lipinski definition) is 11. The predicted octanol–water partition coefficient (Wildman–Crippen LogP) is -0.436. The highest BCUT2D eigenvalue weighted by atomic mass is 32.2. The average molecular weight is 523 g/mol. The molecule has 0 saturated carbocycles. The molecule has 1 aliphatic rings. The maximum atomic E-state index is 12.9. The lowest BCUT2D eigenvalue weighted by Gasteiger charge is -2.18. The maximum Gasteiger partial charge on any atom is 0.253 e. The lowest BCUT2D eigenvalue weighted by atomic mass is 9.95. The number of aliphatic imine (C=N–C) groups is 1. The van der Waals surface area contributed by atoms with Gasteiger partial charge in [0.25, 0.3) is 5.91 Å². The maximum absolute atomic E-state index is 12.9. The number of anilines is 1. The van der Waals surface area contributed by atoms with Gasteiger partial charge in [-0.15, -0.1) is 5.11 Å². The first-order chi connectivity index (χ1) is 16.5. The number of primary sulfonamides is 1. The van der Waals surface area contributed by atoms with Gasteiger partial charge in [0, 0.05) is 18.7 Å². The van der Waals surface area contributed by atoms with Gasteiger partial charge in [0.2, 0.25) is 10.0 Å². The van der Waals surface area contributed by atoms with Crippen LogP contribution in [0.3, 0.4) is 0 Å². The summed E-state index contributed by atoms with van der Waals surface area (Å²) in [6.45, 7) is 0.409. The fraction of sp³-hybridized carbons (Fsp3) is 0.300. The Balaban J connectivity index is 2.33. The third-order valence-electron chi connectivity index (χ3n) is 5.11. The SMILES string of the molecule is NCCCNC(=O)c1cccc(-c2ccc(S(=O)(=O)CCN)c(S(N)(=O)=O)c2C2=NCN=N2)c1N. The lowest BCUT2D eigenvalue weighted by molar-refractivity contribution is 0.0954. The second kappa shape index (κ2) is 10.6. The highest BCUT2D eigenvalue weighted by Crippen LogP contribution is 2.38. The van der Waals surface area contributed by atoms with E-state index in [-0.39, 0.29) is 47.0 Å². The summed E-state index contributed by atoms with van der Waals surface area (Å²) in [5.41, 5.74) is 17.6. The number of amidine groups is 1. The molecule has 2 aromatic carbocycles. The topological polar surface area (TPSA) is 239 Å². The third-order valence-corrected chi connectivity index (χ3v) is 8.01. The van der Waals surface area contributed by atoms with Crippen molar-refractivity contribution in [2.24, 2.45) is 31.8 Å². The van der Waals surface area contributed by atoms with Crippen LogP contribution in [0.4, 0.5) is 5.69 Å². The van der Waals surface area contributed by atoms with Crippen molar-refractivity contribution in [3.05, 3.63) is 41.5 Å². The Hall–Kier alpha value is -3.24. The van der Waals surface area contributed by atoms with E-state index < -0.39 is 41.3 Å². The number of carbonyl (C=O) groups excluding carboxylic acids is 1. The van der Waals surface area contributed by atoms with Gasteiger partial charge in [0.1, 0.15) is 4.90 Å². The number of nitrogen functional groups attached to an aromatic ring is 1. The zero-order valence-electron chi connectivity index (χ0n) is 18.6. The average Bonchev–Trinajstić information content (AvgIpc) is 3.32. The van der Waals surface area contributed by atoms with Crippen LogP contribution < -0.4 is 27.7 Å². The number of nitrogens with zero attached hydrogens (tertiary/aromatic N) is 3. The Bertz CT molecular complexity index is 1420. The Morgan fingerprint density at radius 1 is 1.03 bits per heavy atom. The van der Waals surface area contributed by atoms with Crippen LogP contribution >= 0.6 is 0 Å². The summed E-state index contributed by atoms with van der Waals surface area (Å²) in [7, 11) is -8.76. The number of rotatable bonds is 10. The summed E-state index contributed by atoms with van der Waals surface area (Å²) in [4.78, 5) is 15.5. The molecule has 1 heterocycles. The summed E-state index contributed by atoms with van der Waals surface area (Å²) in [5.74, 6) is -1.10. The van der Waals surface area contributed by atoms with E-state index in [9.17, 15) is 21.6 Å². The van der Waals surface area contributed by atoms with Gasteiger partial charge in [-0.1, -0.05) is 18.2 Å². The molecular formula is C20H26N8O5S2. The van der Waals surface area contributed by atoms with Crippen LogP contribution in [-0.4, -0.2) is 60.6 Å². The number of amides is 1. The largest absolute Gasteiger partial charge is 0.398 e. The number of para-hydroxylation sites is 1. The number of benzene rings is 2. The molecule has 1 amide bonds. The van der Waals surface area contributed by atoms with Gasteiger partial charge in [-0.05, 0) is 30.7 Å². The van der Waals surface area contributed by atoms with Gasteiger partial charge in [-0.25, -0.2) is 27.0 Å². The number of carbonyl (C=O) groups is 1. The van der Waals surface area contributed by atoms with E-state index in [0.717, 1.165) is 6.07 Å².